The van der Waals surface area contributed by atoms with E-state index in [2.05, 4.69) is 11.8 Å². The number of carbonyl (C=O) groups is 2. The number of halogens is 2. The highest BCUT2D eigenvalue weighted by molar-refractivity contribution is 6.35. The normalized spacial score (nSPS) is 22.1. The van der Waals surface area contributed by atoms with Gasteiger partial charge in [0, 0.05) is 34.8 Å². The molecule has 1 fully saturated rings. The largest absolute Gasteiger partial charge is 0.372 e. The van der Waals surface area contributed by atoms with Crippen LogP contribution in [-0.2, 0) is 10.4 Å². The van der Waals surface area contributed by atoms with E-state index < -0.39 is 17.4 Å². The van der Waals surface area contributed by atoms with Crippen molar-refractivity contribution in [1.29, 1.82) is 0 Å². The second kappa shape index (κ2) is 8.43. The Morgan fingerprint density at radius 3 is 2.48 bits per heavy atom. The van der Waals surface area contributed by atoms with Gasteiger partial charge in [-0.2, -0.15) is 0 Å². The van der Waals surface area contributed by atoms with E-state index in [1.165, 1.54) is 17.0 Å². The first-order valence-electron chi connectivity index (χ1n) is 10.4. The van der Waals surface area contributed by atoms with E-state index in [0.29, 0.717) is 24.7 Å². The SMILES string of the molecule is CC1CCN(CCN2C(=O)C(O)(c3ccccc3Cl)c3c(Cl)cc(C(N)=O)cc32)CC1. The van der Waals surface area contributed by atoms with Crippen LogP contribution in [0.25, 0.3) is 0 Å². The third kappa shape index (κ3) is 3.82. The van der Waals surface area contributed by atoms with E-state index >= 15 is 0 Å². The van der Waals surface area contributed by atoms with Crippen molar-refractivity contribution in [2.24, 2.45) is 11.7 Å². The molecule has 1 unspecified atom stereocenters. The molecule has 2 aromatic carbocycles. The molecule has 0 radical (unpaired) electrons. The van der Waals surface area contributed by atoms with Crippen LogP contribution in [0, 0.1) is 5.92 Å². The summed E-state index contributed by atoms with van der Waals surface area (Å²) in [7, 11) is 0. The van der Waals surface area contributed by atoms with Crippen molar-refractivity contribution < 1.29 is 14.7 Å². The summed E-state index contributed by atoms with van der Waals surface area (Å²) < 4.78 is 0. The third-order valence-corrected chi connectivity index (χ3v) is 6.97. The maximum Gasteiger partial charge on any atom is 0.268 e. The number of nitrogens with two attached hydrogens (primary N) is 1. The number of fused-ring (bicyclic) bond motifs is 1. The molecule has 6 nitrogen and oxygen atoms in total. The Labute approximate surface area is 191 Å². The molecule has 2 aliphatic rings. The summed E-state index contributed by atoms with van der Waals surface area (Å²) in [6, 6.07) is 9.56. The first-order chi connectivity index (χ1) is 14.7. The van der Waals surface area contributed by atoms with Gasteiger partial charge in [-0.25, -0.2) is 0 Å². The average Bonchev–Trinajstić information content (AvgIpc) is 2.96. The van der Waals surface area contributed by atoms with Gasteiger partial charge in [0.05, 0.1) is 10.7 Å². The van der Waals surface area contributed by atoms with Gasteiger partial charge in [-0.05, 0) is 50.0 Å². The molecule has 3 N–H and O–H groups in total. The van der Waals surface area contributed by atoms with Gasteiger partial charge >= 0.3 is 0 Å². The van der Waals surface area contributed by atoms with E-state index in [9.17, 15) is 14.7 Å². The molecule has 0 aliphatic carbocycles. The van der Waals surface area contributed by atoms with E-state index in [1.54, 1.807) is 24.3 Å². The Morgan fingerprint density at radius 2 is 1.84 bits per heavy atom. The number of carbonyl (C=O) groups excluding carboxylic acids is 2. The highest BCUT2D eigenvalue weighted by atomic mass is 35.5. The first kappa shape index (κ1) is 22.1. The second-order valence-corrected chi connectivity index (χ2v) is 9.20. The number of hydrogen-bond donors (Lipinski definition) is 2. The highest BCUT2D eigenvalue weighted by Crippen LogP contribution is 2.49. The predicted octanol–water partition coefficient (Wildman–Crippen LogP) is 3.41. The summed E-state index contributed by atoms with van der Waals surface area (Å²) in [5, 5.41) is 12.1. The van der Waals surface area contributed by atoms with Gasteiger partial charge in [-0.3, -0.25) is 9.59 Å². The van der Waals surface area contributed by atoms with Gasteiger partial charge in [0.1, 0.15) is 0 Å². The maximum atomic E-state index is 13.6. The molecular weight excluding hydrogens is 437 g/mol. The average molecular weight is 462 g/mol. The Kier molecular flexibility index (Phi) is 6.01. The number of piperidine rings is 1. The number of likely N-dealkylation sites (tertiary alicyclic amines) is 1. The zero-order valence-corrected chi connectivity index (χ0v) is 18.8. The fourth-order valence-corrected chi connectivity index (χ4v) is 5.09. The van der Waals surface area contributed by atoms with Crippen LogP contribution >= 0.6 is 23.2 Å². The molecule has 4 rings (SSSR count). The van der Waals surface area contributed by atoms with Crippen molar-refractivity contribution >= 4 is 40.7 Å². The maximum absolute atomic E-state index is 13.6. The second-order valence-electron chi connectivity index (χ2n) is 8.39. The first-order valence-corrected chi connectivity index (χ1v) is 11.1. The van der Waals surface area contributed by atoms with Crippen LogP contribution < -0.4 is 10.6 Å². The highest BCUT2D eigenvalue weighted by Gasteiger charge is 2.53. The number of primary amides is 1. The van der Waals surface area contributed by atoms with Crippen molar-refractivity contribution in [3.05, 3.63) is 63.1 Å². The van der Waals surface area contributed by atoms with Gasteiger partial charge in [-0.1, -0.05) is 48.3 Å². The fraction of sp³-hybridized carbons (Fsp3) is 0.391. The van der Waals surface area contributed by atoms with Crippen LogP contribution in [0.5, 0.6) is 0 Å². The zero-order valence-electron chi connectivity index (χ0n) is 17.3. The van der Waals surface area contributed by atoms with Crippen molar-refractivity contribution in [3.8, 4) is 0 Å². The Bertz CT molecular complexity index is 1040. The molecular formula is C23H25Cl2N3O3. The molecule has 0 bridgehead atoms. The molecule has 0 aromatic heterocycles. The predicted molar refractivity (Wildman–Crippen MR) is 122 cm³/mol. The molecule has 2 heterocycles. The Morgan fingerprint density at radius 1 is 1.16 bits per heavy atom. The van der Waals surface area contributed by atoms with Gasteiger partial charge in [0.25, 0.3) is 5.91 Å². The number of anilines is 1. The lowest BCUT2D eigenvalue weighted by Crippen LogP contribution is -2.45. The summed E-state index contributed by atoms with van der Waals surface area (Å²) in [4.78, 5) is 29.2. The number of benzene rings is 2. The number of nitrogens with zero attached hydrogens (tertiary/aromatic N) is 2. The molecule has 0 spiro atoms. The molecule has 1 saturated heterocycles. The quantitative estimate of drug-likeness (QED) is 0.713. The monoisotopic (exact) mass is 461 g/mol. The lowest BCUT2D eigenvalue weighted by Gasteiger charge is -2.32. The number of hydrogen-bond acceptors (Lipinski definition) is 4. The van der Waals surface area contributed by atoms with Crippen LogP contribution in [0.3, 0.4) is 0 Å². The number of amides is 2. The summed E-state index contributed by atoms with van der Waals surface area (Å²) in [5.41, 5.74) is 4.47. The molecule has 31 heavy (non-hydrogen) atoms. The van der Waals surface area contributed by atoms with Crippen LogP contribution in [0.15, 0.2) is 36.4 Å². The number of rotatable bonds is 5. The van der Waals surface area contributed by atoms with Crippen molar-refractivity contribution in [3.63, 3.8) is 0 Å². The van der Waals surface area contributed by atoms with Crippen molar-refractivity contribution in [2.45, 2.75) is 25.4 Å². The molecule has 8 heteroatoms. The van der Waals surface area contributed by atoms with E-state index in [-0.39, 0.29) is 26.7 Å². The third-order valence-electron chi connectivity index (χ3n) is 6.34. The summed E-state index contributed by atoms with van der Waals surface area (Å²) >= 11 is 12.9. The molecule has 0 saturated carbocycles. The molecule has 2 aliphatic heterocycles. The van der Waals surface area contributed by atoms with Crippen molar-refractivity contribution in [2.75, 3.05) is 31.1 Å². The van der Waals surface area contributed by atoms with Crippen LogP contribution in [0.1, 0.15) is 41.3 Å². The topological polar surface area (TPSA) is 86.9 Å². The Balaban J connectivity index is 1.76. The van der Waals surface area contributed by atoms with Crippen molar-refractivity contribution in [1.82, 2.24) is 4.90 Å². The molecule has 164 valence electrons. The van der Waals surface area contributed by atoms with Gasteiger partial charge in [0.2, 0.25) is 5.91 Å². The summed E-state index contributed by atoms with van der Waals surface area (Å²) in [5.74, 6) is -0.493. The molecule has 2 amide bonds. The number of aliphatic hydroxyl groups is 1. The Hall–Kier alpha value is -2.12. The van der Waals surface area contributed by atoms with Crippen LogP contribution in [0.2, 0.25) is 10.0 Å². The molecule has 1 atom stereocenters. The summed E-state index contributed by atoms with van der Waals surface area (Å²) in [6.07, 6.45) is 2.23. The van der Waals surface area contributed by atoms with E-state index in [0.717, 1.165) is 25.9 Å². The molecule has 2 aromatic rings. The fourth-order valence-electron chi connectivity index (χ4n) is 4.47. The van der Waals surface area contributed by atoms with Crippen LogP contribution in [-0.4, -0.2) is 48.0 Å². The van der Waals surface area contributed by atoms with Gasteiger partial charge in [0.15, 0.2) is 5.60 Å². The zero-order chi connectivity index (χ0) is 22.3. The van der Waals surface area contributed by atoms with E-state index in [4.69, 9.17) is 28.9 Å². The minimum absolute atomic E-state index is 0.0939. The minimum Gasteiger partial charge on any atom is -0.372 e. The standard InChI is InChI=1S/C23H25Cl2N3O3/c1-14-6-8-27(9-7-14)10-11-28-19-13-15(21(26)29)12-18(25)20(19)23(31,22(28)30)16-4-2-3-5-17(16)24/h2-5,12-14,31H,6-11H2,1H3,(H2,26,29). The van der Waals surface area contributed by atoms with Gasteiger partial charge < -0.3 is 20.6 Å². The van der Waals surface area contributed by atoms with E-state index in [1.807, 2.05) is 0 Å². The van der Waals surface area contributed by atoms with Gasteiger partial charge in [-0.15, -0.1) is 0 Å². The minimum atomic E-state index is -2.04. The summed E-state index contributed by atoms with van der Waals surface area (Å²) in [6.45, 7) is 5.18. The smallest absolute Gasteiger partial charge is 0.268 e. The van der Waals surface area contributed by atoms with Crippen LogP contribution in [0.4, 0.5) is 5.69 Å². The lowest BCUT2D eigenvalue weighted by atomic mass is 9.87. The lowest BCUT2D eigenvalue weighted by molar-refractivity contribution is -0.132.